The van der Waals surface area contributed by atoms with Crippen LogP contribution in [0.15, 0.2) is 60.7 Å². The van der Waals surface area contributed by atoms with Crippen molar-refractivity contribution in [3.63, 3.8) is 0 Å². The van der Waals surface area contributed by atoms with Gasteiger partial charge in [0.25, 0.3) is 0 Å². The summed E-state index contributed by atoms with van der Waals surface area (Å²) >= 11 is 0. The Morgan fingerprint density at radius 3 is 2.21 bits per heavy atom. The van der Waals surface area contributed by atoms with Crippen molar-refractivity contribution < 1.29 is 4.79 Å². The average Bonchev–Trinajstić information content (AvgIpc) is 2.72. The number of carbonyl (C=O) groups is 1. The maximum absolute atomic E-state index is 12.5. The summed E-state index contributed by atoms with van der Waals surface area (Å²) in [6, 6.07) is 18.9. The summed E-state index contributed by atoms with van der Waals surface area (Å²) in [5.41, 5.74) is 3.74. The van der Waals surface area contributed by atoms with Gasteiger partial charge in [-0.1, -0.05) is 54.6 Å². The average molecular weight is 392 g/mol. The molecule has 0 aromatic heterocycles. The third kappa shape index (κ3) is 7.15. The van der Waals surface area contributed by atoms with Crippen LogP contribution in [0.4, 0.5) is 0 Å². The molecule has 3 rings (SSSR count). The second kappa shape index (κ2) is 9.86. The first kappa shape index (κ1) is 21.3. The number of nitrogens with zero attached hydrogens (tertiary/aromatic N) is 2. The molecule has 0 atom stereocenters. The highest BCUT2D eigenvalue weighted by molar-refractivity contribution is 5.91. The highest BCUT2D eigenvalue weighted by Gasteiger charge is 2.19. The van der Waals surface area contributed by atoms with Gasteiger partial charge in [0.1, 0.15) is 0 Å². The normalized spacial score (nSPS) is 15.8. The lowest BCUT2D eigenvalue weighted by Gasteiger charge is -2.34. The fourth-order valence-electron chi connectivity index (χ4n) is 3.35. The van der Waals surface area contributed by atoms with E-state index in [1.165, 1.54) is 11.1 Å². The van der Waals surface area contributed by atoms with Gasteiger partial charge in [-0.25, -0.2) is 0 Å². The molecule has 2 aromatic rings. The van der Waals surface area contributed by atoms with Gasteiger partial charge < -0.3 is 10.2 Å². The molecule has 1 heterocycles. The van der Waals surface area contributed by atoms with Gasteiger partial charge in [0.2, 0.25) is 5.91 Å². The summed E-state index contributed by atoms with van der Waals surface area (Å²) in [5, 5.41) is 3.49. The summed E-state index contributed by atoms with van der Waals surface area (Å²) in [7, 11) is 0. The van der Waals surface area contributed by atoms with Crippen LogP contribution in [0.3, 0.4) is 0 Å². The molecular weight excluding hydrogens is 358 g/mol. The number of hydrogen-bond acceptors (Lipinski definition) is 3. The van der Waals surface area contributed by atoms with Crippen molar-refractivity contribution in [3.8, 4) is 0 Å². The molecule has 1 aliphatic rings. The topological polar surface area (TPSA) is 35.6 Å². The number of carbonyl (C=O) groups excluding carboxylic acids is 1. The molecule has 0 spiro atoms. The van der Waals surface area contributed by atoms with Crippen molar-refractivity contribution >= 4 is 12.0 Å². The lowest BCUT2D eigenvalue weighted by molar-refractivity contribution is -0.127. The monoisotopic (exact) mass is 391 g/mol. The minimum Gasteiger partial charge on any atom is -0.337 e. The molecule has 0 aliphatic carbocycles. The van der Waals surface area contributed by atoms with Crippen LogP contribution in [-0.2, 0) is 17.9 Å². The Balaban J connectivity index is 1.45. The molecule has 4 heteroatoms. The Bertz CT molecular complexity index is 798. The van der Waals surface area contributed by atoms with E-state index >= 15 is 0 Å². The van der Waals surface area contributed by atoms with Crippen LogP contribution in [0, 0.1) is 0 Å². The molecule has 1 amide bonds. The van der Waals surface area contributed by atoms with E-state index in [2.05, 4.69) is 79.5 Å². The summed E-state index contributed by atoms with van der Waals surface area (Å²) in [5.74, 6) is 0.0998. The minimum absolute atomic E-state index is 0.0998. The van der Waals surface area contributed by atoms with Crippen LogP contribution >= 0.6 is 0 Å². The van der Waals surface area contributed by atoms with E-state index in [4.69, 9.17) is 0 Å². The van der Waals surface area contributed by atoms with Crippen LogP contribution in [0.2, 0.25) is 0 Å². The van der Waals surface area contributed by atoms with Gasteiger partial charge in [-0.15, -0.1) is 0 Å². The van der Waals surface area contributed by atoms with E-state index in [-0.39, 0.29) is 11.4 Å². The zero-order chi connectivity index (χ0) is 20.7. The third-order valence-corrected chi connectivity index (χ3v) is 5.15. The smallest absolute Gasteiger partial charge is 0.246 e. The van der Waals surface area contributed by atoms with Crippen LogP contribution < -0.4 is 5.32 Å². The molecular formula is C25H33N3O. The van der Waals surface area contributed by atoms with Crippen molar-refractivity contribution in [1.29, 1.82) is 0 Å². The molecule has 1 aliphatic heterocycles. The maximum Gasteiger partial charge on any atom is 0.246 e. The van der Waals surface area contributed by atoms with Crippen molar-refractivity contribution in [2.75, 3.05) is 26.2 Å². The fourth-order valence-corrected chi connectivity index (χ4v) is 3.35. The Labute approximate surface area is 175 Å². The highest BCUT2D eigenvalue weighted by Crippen LogP contribution is 2.11. The Morgan fingerprint density at radius 1 is 0.931 bits per heavy atom. The number of nitrogens with one attached hydrogen (secondary N) is 1. The van der Waals surface area contributed by atoms with Gasteiger partial charge in [-0.3, -0.25) is 9.69 Å². The first-order valence-electron chi connectivity index (χ1n) is 10.5. The van der Waals surface area contributed by atoms with Crippen molar-refractivity contribution in [1.82, 2.24) is 15.1 Å². The molecule has 154 valence electrons. The molecule has 0 unspecified atom stereocenters. The maximum atomic E-state index is 12.5. The lowest BCUT2D eigenvalue weighted by Crippen LogP contribution is -2.47. The number of benzene rings is 2. The van der Waals surface area contributed by atoms with Crippen molar-refractivity contribution in [2.24, 2.45) is 0 Å². The third-order valence-electron chi connectivity index (χ3n) is 5.15. The van der Waals surface area contributed by atoms with Gasteiger partial charge in [0, 0.05) is 50.9 Å². The van der Waals surface area contributed by atoms with Gasteiger partial charge >= 0.3 is 0 Å². The highest BCUT2D eigenvalue weighted by atomic mass is 16.2. The summed E-state index contributed by atoms with van der Waals surface area (Å²) in [6.07, 6.45) is 3.62. The molecule has 1 fully saturated rings. The summed E-state index contributed by atoms with van der Waals surface area (Å²) < 4.78 is 0. The van der Waals surface area contributed by atoms with E-state index in [1.807, 2.05) is 17.0 Å². The van der Waals surface area contributed by atoms with Crippen molar-refractivity contribution in [3.05, 3.63) is 77.4 Å². The molecule has 0 radical (unpaired) electrons. The number of hydrogen-bond donors (Lipinski definition) is 1. The largest absolute Gasteiger partial charge is 0.337 e. The predicted octanol–water partition coefficient (Wildman–Crippen LogP) is 3.93. The van der Waals surface area contributed by atoms with Gasteiger partial charge in [-0.05, 0) is 43.5 Å². The Kier molecular flexibility index (Phi) is 7.24. The molecule has 0 saturated carbocycles. The van der Waals surface area contributed by atoms with Crippen molar-refractivity contribution in [2.45, 2.75) is 39.4 Å². The number of amides is 1. The van der Waals surface area contributed by atoms with E-state index in [9.17, 15) is 4.79 Å². The van der Waals surface area contributed by atoms with Crippen LogP contribution in [-0.4, -0.2) is 47.4 Å². The second-order valence-electron chi connectivity index (χ2n) is 8.77. The molecule has 29 heavy (non-hydrogen) atoms. The van der Waals surface area contributed by atoms with Gasteiger partial charge in [-0.2, -0.15) is 0 Å². The molecule has 1 N–H and O–H groups in total. The van der Waals surface area contributed by atoms with E-state index < -0.39 is 0 Å². The Hall–Kier alpha value is -2.43. The lowest BCUT2D eigenvalue weighted by atomic mass is 10.1. The van der Waals surface area contributed by atoms with E-state index in [0.717, 1.165) is 44.8 Å². The summed E-state index contributed by atoms with van der Waals surface area (Å²) in [4.78, 5) is 16.9. The first-order valence-corrected chi connectivity index (χ1v) is 10.5. The second-order valence-corrected chi connectivity index (χ2v) is 8.77. The van der Waals surface area contributed by atoms with Crippen LogP contribution in [0.5, 0.6) is 0 Å². The quantitative estimate of drug-likeness (QED) is 0.758. The standard InChI is InChI=1S/C25H33N3O/c1-25(2,3)26-19-22-11-9-21(10-12-22)13-14-24(29)28-17-15-27(16-18-28)20-23-7-5-4-6-8-23/h4-14,26H,15-20H2,1-3H3/b14-13+. The number of rotatable bonds is 6. The van der Waals surface area contributed by atoms with Crippen LogP contribution in [0.25, 0.3) is 6.08 Å². The molecule has 0 bridgehead atoms. The fraction of sp³-hybridized carbons (Fsp3) is 0.400. The minimum atomic E-state index is 0.0998. The zero-order valence-electron chi connectivity index (χ0n) is 17.9. The van der Waals surface area contributed by atoms with Crippen LogP contribution in [0.1, 0.15) is 37.5 Å². The predicted molar refractivity (Wildman–Crippen MR) is 120 cm³/mol. The number of piperazine rings is 1. The SMILES string of the molecule is CC(C)(C)NCc1ccc(/C=C/C(=O)N2CCN(Cc3ccccc3)CC2)cc1. The molecule has 2 aromatic carbocycles. The first-order chi connectivity index (χ1) is 13.9. The molecule has 4 nitrogen and oxygen atoms in total. The Morgan fingerprint density at radius 2 is 1.59 bits per heavy atom. The summed E-state index contributed by atoms with van der Waals surface area (Å²) in [6.45, 7) is 11.7. The zero-order valence-corrected chi connectivity index (χ0v) is 17.9. The van der Waals surface area contributed by atoms with E-state index in [0.29, 0.717) is 0 Å². The van der Waals surface area contributed by atoms with E-state index in [1.54, 1.807) is 6.08 Å². The molecule has 1 saturated heterocycles. The van der Waals surface area contributed by atoms with Gasteiger partial charge in [0.05, 0.1) is 0 Å². The van der Waals surface area contributed by atoms with Gasteiger partial charge in [0.15, 0.2) is 0 Å².